The van der Waals surface area contributed by atoms with Gasteiger partial charge >= 0.3 is 0 Å². The fourth-order valence-electron chi connectivity index (χ4n) is 1.91. The number of hydrogen-bond acceptors (Lipinski definition) is 3. The molecule has 96 valence electrons. The number of nitrogens with two attached hydrogens (primary N) is 1. The summed E-state index contributed by atoms with van der Waals surface area (Å²) in [5.41, 5.74) is 8.13. The van der Waals surface area contributed by atoms with Crippen molar-refractivity contribution in [2.75, 3.05) is 27.2 Å². The standard InChI is InChI=1S/C14H24N2O/c1-4-12-6-7-14(17-3)13(10-12)11-16(2)9-5-8-15/h6-7,10H,4-5,8-9,11,15H2,1-3H3. The van der Waals surface area contributed by atoms with Crippen LogP contribution in [0.5, 0.6) is 5.75 Å². The molecule has 0 aliphatic rings. The van der Waals surface area contributed by atoms with Gasteiger partial charge in [0.05, 0.1) is 7.11 Å². The summed E-state index contributed by atoms with van der Waals surface area (Å²) in [5, 5.41) is 0. The van der Waals surface area contributed by atoms with Crippen LogP contribution >= 0.6 is 0 Å². The molecule has 0 unspecified atom stereocenters. The van der Waals surface area contributed by atoms with Crippen LogP contribution in [0.15, 0.2) is 18.2 Å². The van der Waals surface area contributed by atoms with Gasteiger partial charge in [0.1, 0.15) is 5.75 Å². The molecule has 3 heteroatoms. The van der Waals surface area contributed by atoms with Crippen molar-refractivity contribution in [2.45, 2.75) is 26.3 Å². The third kappa shape index (κ3) is 4.36. The SMILES string of the molecule is CCc1ccc(OC)c(CN(C)CCCN)c1. The van der Waals surface area contributed by atoms with Crippen LogP contribution in [0.3, 0.4) is 0 Å². The van der Waals surface area contributed by atoms with E-state index in [9.17, 15) is 0 Å². The molecule has 0 fully saturated rings. The van der Waals surface area contributed by atoms with Crippen LogP contribution in [0.25, 0.3) is 0 Å². The summed E-state index contributed by atoms with van der Waals surface area (Å²) in [6, 6.07) is 6.42. The van der Waals surface area contributed by atoms with Crippen molar-refractivity contribution < 1.29 is 4.74 Å². The molecule has 0 saturated carbocycles. The molecular formula is C14H24N2O. The lowest BCUT2D eigenvalue weighted by Gasteiger charge is -2.18. The number of hydrogen-bond donors (Lipinski definition) is 1. The third-order valence-corrected chi connectivity index (χ3v) is 2.94. The van der Waals surface area contributed by atoms with E-state index in [1.165, 1.54) is 11.1 Å². The number of methoxy groups -OCH3 is 1. The first-order valence-corrected chi connectivity index (χ1v) is 6.25. The second kappa shape index (κ2) is 7.30. The molecule has 2 N–H and O–H groups in total. The van der Waals surface area contributed by atoms with E-state index in [-0.39, 0.29) is 0 Å². The van der Waals surface area contributed by atoms with E-state index in [0.717, 1.165) is 38.2 Å². The molecule has 17 heavy (non-hydrogen) atoms. The minimum absolute atomic E-state index is 0.747. The van der Waals surface area contributed by atoms with Crippen molar-refractivity contribution in [1.29, 1.82) is 0 Å². The van der Waals surface area contributed by atoms with Gasteiger partial charge in [0.2, 0.25) is 0 Å². The number of rotatable bonds is 7. The summed E-state index contributed by atoms with van der Waals surface area (Å²) >= 11 is 0. The summed E-state index contributed by atoms with van der Waals surface area (Å²) in [6.07, 6.45) is 2.09. The van der Waals surface area contributed by atoms with Gasteiger partial charge in [0.25, 0.3) is 0 Å². The molecule has 0 radical (unpaired) electrons. The number of benzene rings is 1. The van der Waals surface area contributed by atoms with Crippen LogP contribution in [0, 0.1) is 0 Å². The van der Waals surface area contributed by atoms with Crippen molar-refractivity contribution in [2.24, 2.45) is 5.73 Å². The topological polar surface area (TPSA) is 38.5 Å². The highest BCUT2D eigenvalue weighted by molar-refractivity contribution is 5.37. The third-order valence-electron chi connectivity index (χ3n) is 2.94. The van der Waals surface area contributed by atoms with Gasteiger partial charge in [-0.1, -0.05) is 19.1 Å². The first-order valence-electron chi connectivity index (χ1n) is 6.25. The highest BCUT2D eigenvalue weighted by Gasteiger charge is 2.06. The zero-order valence-corrected chi connectivity index (χ0v) is 11.2. The Hall–Kier alpha value is -1.06. The summed E-state index contributed by atoms with van der Waals surface area (Å²) < 4.78 is 5.40. The van der Waals surface area contributed by atoms with E-state index in [1.807, 2.05) is 0 Å². The Kier molecular flexibility index (Phi) is 6.01. The molecule has 1 aromatic carbocycles. The maximum atomic E-state index is 5.52. The second-order valence-corrected chi connectivity index (χ2v) is 4.38. The minimum Gasteiger partial charge on any atom is -0.496 e. The van der Waals surface area contributed by atoms with E-state index >= 15 is 0 Å². The molecule has 0 heterocycles. The van der Waals surface area contributed by atoms with E-state index in [2.05, 4.69) is 37.1 Å². The minimum atomic E-state index is 0.747. The Morgan fingerprint density at radius 1 is 1.35 bits per heavy atom. The van der Waals surface area contributed by atoms with Gasteiger partial charge in [0, 0.05) is 12.1 Å². The smallest absolute Gasteiger partial charge is 0.123 e. The van der Waals surface area contributed by atoms with E-state index in [0.29, 0.717) is 0 Å². The highest BCUT2D eigenvalue weighted by Crippen LogP contribution is 2.21. The fourth-order valence-corrected chi connectivity index (χ4v) is 1.91. The van der Waals surface area contributed by atoms with Gasteiger partial charge in [-0.25, -0.2) is 0 Å². The molecule has 0 spiro atoms. The molecule has 0 aliphatic heterocycles. The summed E-state index contributed by atoms with van der Waals surface area (Å²) in [5.74, 6) is 0.974. The van der Waals surface area contributed by atoms with Gasteiger partial charge in [-0.05, 0) is 44.6 Å². The normalized spacial score (nSPS) is 10.9. The molecule has 3 nitrogen and oxygen atoms in total. The number of nitrogens with zero attached hydrogens (tertiary/aromatic N) is 1. The summed E-state index contributed by atoms with van der Waals surface area (Å²) in [6.45, 7) is 4.85. The molecular weight excluding hydrogens is 212 g/mol. The van der Waals surface area contributed by atoms with Gasteiger partial charge < -0.3 is 15.4 Å². The molecule has 1 rings (SSSR count). The van der Waals surface area contributed by atoms with E-state index in [4.69, 9.17) is 10.5 Å². The molecule has 1 aromatic rings. The lowest BCUT2D eigenvalue weighted by Crippen LogP contribution is -2.21. The first kappa shape index (κ1) is 14.0. The molecule has 0 aliphatic carbocycles. The lowest BCUT2D eigenvalue weighted by molar-refractivity contribution is 0.315. The van der Waals surface area contributed by atoms with E-state index in [1.54, 1.807) is 7.11 Å². The number of aryl methyl sites for hydroxylation is 1. The van der Waals surface area contributed by atoms with Crippen molar-refractivity contribution >= 4 is 0 Å². The summed E-state index contributed by atoms with van der Waals surface area (Å²) in [7, 11) is 3.85. The quantitative estimate of drug-likeness (QED) is 0.787. The highest BCUT2D eigenvalue weighted by atomic mass is 16.5. The van der Waals surface area contributed by atoms with Crippen LogP contribution in [-0.2, 0) is 13.0 Å². The Morgan fingerprint density at radius 2 is 2.12 bits per heavy atom. The Labute approximate surface area is 105 Å². The van der Waals surface area contributed by atoms with Crippen LogP contribution < -0.4 is 10.5 Å². The molecule has 0 saturated heterocycles. The van der Waals surface area contributed by atoms with Gasteiger partial charge in [-0.2, -0.15) is 0 Å². The Balaban J connectivity index is 2.72. The van der Waals surface area contributed by atoms with Crippen LogP contribution in [0.4, 0.5) is 0 Å². The maximum Gasteiger partial charge on any atom is 0.123 e. The Bertz CT molecular complexity index is 339. The predicted molar refractivity (Wildman–Crippen MR) is 72.4 cm³/mol. The molecule has 0 atom stereocenters. The first-order chi connectivity index (χ1) is 8.21. The van der Waals surface area contributed by atoms with Crippen molar-refractivity contribution in [3.8, 4) is 5.75 Å². The van der Waals surface area contributed by atoms with Crippen molar-refractivity contribution in [1.82, 2.24) is 4.90 Å². The van der Waals surface area contributed by atoms with Crippen LogP contribution in [0.2, 0.25) is 0 Å². The van der Waals surface area contributed by atoms with Crippen molar-refractivity contribution in [3.63, 3.8) is 0 Å². The van der Waals surface area contributed by atoms with E-state index < -0.39 is 0 Å². The fraction of sp³-hybridized carbons (Fsp3) is 0.571. The largest absolute Gasteiger partial charge is 0.496 e. The molecule has 0 amide bonds. The van der Waals surface area contributed by atoms with Crippen molar-refractivity contribution in [3.05, 3.63) is 29.3 Å². The molecule has 0 bridgehead atoms. The Morgan fingerprint density at radius 3 is 2.71 bits per heavy atom. The zero-order valence-electron chi connectivity index (χ0n) is 11.2. The monoisotopic (exact) mass is 236 g/mol. The maximum absolute atomic E-state index is 5.52. The number of ether oxygens (including phenoxy) is 1. The zero-order chi connectivity index (χ0) is 12.7. The molecule has 0 aromatic heterocycles. The lowest BCUT2D eigenvalue weighted by atomic mass is 10.1. The van der Waals surface area contributed by atoms with Gasteiger partial charge in [-0.3, -0.25) is 0 Å². The van der Waals surface area contributed by atoms with Gasteiger partial charge in [-0.15, -0.1) is 0 Å². The van der Waals surface area contributed by atoms with Crippen LogP contribution in [-0.4, -0.2) is 32.1 Å². The predicted octanol–water partition coefficient (Wildman–Crippen LogP) is 2.04. The summed E-state index contributed by atoms with van der Waals surface area (Å²) in [4.78, 5) is 2.28. The average Bonchev–Trinajstić information content (AvgIpc) is 2.36. The average molecular weight is 236 g/mol. The van der Waals surface area contributed by atoms with Gasteiger partial charge in [0.15, 0.2) is 0 Å². The van der Waals surface area contributed by atoms with Crippen LogP contribution in [0.1, 0.15) is 24.5 Å². The second-order valence-electron chi connectivity index (χ2n) is 4.38.